The van der Waals surface area contributed by atoms with Crippen LogP contribution in [0, 0.1) is 5.41 Å². The fourth-order valence-electron chi connectivity index (χ4n) is 7.23. The molecule has 1 atom stereocenters. The van der Waals surface area contributed by atoms with Crippen molar-refractivity contribution in [3.8, 4) is 0 Å². The van der Waals surface area contributed by atoms with Crippen molar-refractivity contribution in [3.63, 3.8) is 0 Å². The van der Waals surface area contributed by atoms with E-state index >= 15 is 0 Å². The molecular weight excluding hydrogens is 602 g/mol. The average molecular weight is 692 g/mol. The minimum Gasteiger partial charge on any atom is -0.396 e. The van der Waals surface area contributed by atoms with Gasteiger partial charge in [0.15, 0.2) is 0 Å². The highest BCUT2D eigenvalue weighted by molar-refractivity contribution is 5.76. The van der Waals surface area contributed by atoms with Gasteiger partial charge in [0, 0.05) is 19.7 Å². The van der Waals surface area contributed by atoms with Crippen molar-refractivity contribution >= 4 is 5.97 Å². The zero-order valence-electron chi connectivity index (χ0n) is 34.0. The molecular formula is C45H89NO3. The summed E-state index contributed by atoms with van der Waals surface area (Å²) in [6, 6.07) is 0. The van der Waals surface area contributed by atoms with Gasteiger partial charge in [0.2, 0.25) is 0 Å². The Morgan fingerprint density at radius 2 is 0.796 bits per heavy atom. The summed E-state index contributed by atoms with van der Waals surface area (Å²) in [5, 5.41) is 11.3. The zero-order chi connectivity index (χ0) is 35.9. The monoisotopic (exact) mass is 692 g/mol. The third-order valence-electron chi connectivity index (χ3n) is 10.7. The Morgan fingerprint density at radius 1 is 0.469 bits per heavy atom. The smallest absolute Gasteiger partial charge is 0.331 e. The molecule has 0 aliphatic heterocycles. The number of rotatable bonds is 40. The maximum Gasteiger partial charge on any atom is 0.331 e. The molecule has 0 aromatic carbocycles. The van der Waals surface area contributed by atoms with E-state index in [4.69, 9.17) is 4.84 Å². The van der Waals surface area contributed by atoms with Crippen LogP contribution in [0.3, 0.4) is 0 Å². The molecule has 0 heterocycles. The van der Waals surface area contributed by atoms with E-state index < -0.39 is 0 Å². The largest absolute Gasteiger partial charge is 0.396 e. The molecule has 1 unspecified atom stereocenters. The summed E-state index contributed by atoms with van der Waals surface area (Å²) >= 11 is 0. The molecule has 0 aromatic heterocycles. The van der Waals surface area contributed by atoms with E-state index in [1.165, 1.54) is 148 Å². The first-order valence-corrected chi connectivity index (χ1v) is 22.3. The van der Waals surface area contributed by atoms with E-state index in [2.05, 4.69) is 44.9 Å². The molecule has 4 nitrogen and oxygen atoms in total. The first-order valence-electron chi connectivity index (χ1n) is 22.3. The minimum absolute atomic E-state index is 0.0774. The van der Waals surface area contributed by atoms with Gasteiger partial charge in [0.25, 0.3) is 0 Å². The highest BCUT2D eigenvalue weighted by Gasteiger charge is 2.39. The van der Waals surface area contributed by atoms with Gasteiger partial charge in [0.1, 0.15) is 0 Å². The molecule has 1 N–H and O–H groups in total. The maximum absolute atomic E-state index is 14.3. The van der Waals surface area contributed by atoms with Crippen LogP contribution in [-0.2, 0) is 9.63 Å². The second-order valence-corrected chi connectivity index (χ2v) is 15.4. The maximum atomic E-state index is 14.3. The molecule has 0 rings (SSSR count). The van der Waals surface area contributed by atoms with E-state index in [9.17, 15) is 9.90 Å². The van der Waals surface area contributed by atoms with Crippen LogP contribution in [-0.4, -0.2) is 35.8 Å². The second kappa shape index (κ2) is 38.4. The number of allylic oxidation sites excluding steroid dienone is 2. The standard InChI is InChI=1S/C45H89NO3/c1-5-9-13-16-18-19-20-21-22-23-24-25-26-27-29-35-41-46(42-36-30-31-37-43-47)49-44(48)45(38-32-12-8-4,39-33-15-11-7-3)40-34-28-17-14-10-6-2/h21-22,47H,5-20,23-43H2,1-4H3. The van der Waals surface area contributed by atoms with Crippen LogP contribution in [0.2, 0.25) is 0 Å². The SMILES string of the molecule is CCCCCCCCC=CCCCCCCCCN(CCCCCCO)OC(=O)C(CCCCC)(CCCCCC)CCCCCCCC. The van der Waals surface area contributed by atoms with Crippen LogP contribution in [0.4, 0.5) is 0 Å². The number of carbonyl (C=O) groups is 1. The Morgan fingerprint density at radius 3 is 1.24 bits per heavy atom. The van der Waals surface area contributed by atoms with Gasteiger partial charge in [-0.3, -0.25) is 0 Å². The lowest BCUT2D eigenvalue weighted by molar-refractivity contribution is -0.206. The minimum atomic E-state index is -0.327. The topological polar surface area (TPSA) is 49.8 Å². The lowest BCUT2D eigenvalue weighted by atomic mass is 9.74. The van der Waals surface area contributed by atoms with Gasteiger partial charge in [-0.25, -0.2) is 4.79 Å². The summed E-state index contributed by atoms with van der Waals surface area (Å²) in [6.07, 6.45) is 46.1. The number of aliphatic hydroxyl groups is 1. The van der Waals surface area contributed by atoms with Gasteiger partial charge < -0.3 is 9.94 Å². The lowest BCUT2D eigenvalue weighted by Gasteiger charge is -2.34. The molecule has 0 spiro atoms. The van der Waals surface area contributed by atoms with E-state index in [-0.39, 0.29) is 18.0 Å². The van der Waals surface area contributed by atoms with Gasteiger partial charge in [-0.2, -0.15) is 0 Å². The first-order chi connectivity index (χ1) is 24.1. The van der Waals surface area contributed by atoms with Crippen LogP contribution < -0.4 is 0 Å². The van der Waals surface area contributed by atoms with Crippen molar-refractivity contribution in [1.82, 2.24) is 5.06 Å². The third-order valence-corrected chi connectivity index (χ3v) is 10.7. The predicted molar refractivity (Wildman–Crippen MR) is 216 cm³/mol. The number of hydrogen-bond acceptors (Lipinski definition) is 4. The number of hydroxylamine groups is 2. The van der Waals surface area contributed by atoms with Crippen LogP contribution in [0.15, 0.2) is 12.2 Å². The number of unbranched alkanes of at least 4 members (excludes halogenated alkanes) is 25. The molecule has 4 heteroatoms. The summed E-state index contributed by atoms with van der Waals surface area (Å²) in [4.78, 5) is 20.8. The highest BCUT2D eigenvalue weighted by Crippen LogP contribution is 2.39. The predicted octanol–water partition coefficient (Wildman–Crippen LogP) is 14.6. The Balaban J connectivity index is 5.00. The Kier molecular flexibility index (Phi) is 37.7. The van der Waals surface area contributed by atoms with Crippen molar-refractivity contribution < 1.29 is 14.7 Å². The van der Waals surface area contributed by atoms with Gasteiger partial charge in [-0.1, -0.05) is 194 Å². The summed E-state index contributed by atoms with van der Waals surface area (Å²) in [5.74, 6) is 0.0774. The summed E-state index contributed by atoms with van der Waals surface area (Å²) in [6.45, 7) is 11.0. The highest BCUT2D eigenvalue weighted by atomic mass is 16.7. The molecule has 0 saturated carbocycles. The molecule has 0 fully saturated rings. The second-order valence-electron chi connectivity index (χ2n) is 15.4. The molecule has 0 radical (unpaired) electrons. The Bertz CT molecular complexity index is 695. The number of hydrogen-bond donors (Lipinski definition) is 1. The fourth-order valence-corrected chi connectivity index (χ4v) is 7.23. The van der Waals surface area contributed by atoms with Gasteiger partial charge >= 0.3 is 5.97 Å². The molecule has 0 bridgehead atoms. The molecule has 49 heavy (non-hydrogen) atoms. The number of aliphatic hydroxyl groups excluding tert-OH is 1. The van der Waals surface area contributed by atoms with Crippen molar-refractivity contribution in [2.45, 2.75) is 246 Å². The van der Waals surface area contributed by atoms with Gasteiger partial charge in [0.05, 0.1) is 5.41 Å². The Hall–Kier alpha value is -0.870. The fraction of sp³-hybridized carbons (Fsp3) is 0.933. The molecule has 292 valence electrons. The van der Waals surface area contributed by atoms with E-state index in [1.807, 2.05) is 0 Å². The van der Waals surface area contributed by atoms with E-state index in [0.29, 0.717) is 0 Å². The molecule has 0 aliphatic rings. The van der Waals surface area contributed by atoms with E-state index in [0.717, 1.165) is 83.7 Å². The van der Waals surface area contributed by atoms with Gasteiger partial charge in [-0.05, 0) is 64.2 Å². The summed E-state index contributed by atoms with van der Waals surface area (Å²) < 4.78 is 0. The Labute approximate surface area is 308 Å². The molecule has 0 aromatic rings. The summed E-state index contributed by atoms with van der Waals surface area (Å²) in [7, 11) is 0. The first kappa shape index (κ1) is 48.1. The third kappa shape index (κ3) is 30.5. The molecule has 0 aliphatic carbocycles. The molecule has 0 amide bonds. The van der Waals surface area contributed by atoms with Crippen molar-refractivity contribution in [3.05, 3.63) is 12.2 Å². The van der Waals surface area contributed by atoms with Crippen LogP contribution in [0.1, 0.15) is 246 Å². The average Bonchev–Trinajstić information content (AvgIpc) is 3.10. The van der Waals surface area contributed by atoms with Crippen molar-refractivity contribution in [2.75, 3.05) is 19.7 Å². The van der Waals surface area contributed by atoms with Crippen LogP contribution in [0.25, 0.3) is 0 Å². The van der Waals surface area contributed by atoms with Crippen LogP contribution >= 0.6 is 0 Å². The van der Waals surface area contributed by atoms with Crippen LogP contribution in [0.5, 0.6) is 0 Å². The lowest BCUT2D eigenvalue weighted by Crippen LogP contribution is -2.39. The van der Waals surface area contributed by atoms with E-state index in [1.54, 1.807) is 0 Å². The quantitative estimate of drug-likeness (QED) is 0.0395. The molecule has 0 saturated heterocycles. The van der Waals surface area contributed by atoms with Crippen molar-refractivity contribution in [1.29, 1.82) is 0 Å². The number of carbonyl (C=O) groups excluding carboxylic acids is 1. The zero-order valence-corrected chi connectivity index (χ0v) is 34.0. The normalized spacial score (nSPS) is 13.1. The number of nitrogens with zero attached hydrogens (tertiary/aromatic N) is 1. The summed E-state index contributed by atoms with van der Waals surface area (Å²) in [5.41, 5.74) is -0.327. The van der Waals surface area contributed by atoms with Gasteiger partial charge in [-0.15, -0.1) is 5.06 Å². The van der Waals surface area contributed by atoms with Crippen molar-refractivity contribution in [2.24, 2.45) is 5.41 Å².